The zero-order chi connectivity index (χ0) is 20.8. The third kappa shape index (κ3) is 5.10. The number of benzene rings is 2. The number of nitrogens with one attached hydrogen (secondary N) is 1. The second kappa shape index (κ2) is 9.18. The topological polar surface area (TPSA) is 102 Å². The highest BCUT2D eigenvalue weighted by atomic mass is 16.6. The lowest BCUT2D eigenvalue weighted by Gasteiger charge is -2.26. The van der Waals surface area contributed by atoms with Gasteiger partial charge in [0.1, 0.15) is 0 Å². The monoisotopic (exact) mass is 397 g/mol. The van der Waals surface area contributed by atoms with E-state index in [1.807, 2.05) is 4.90 Å². The van der Waals surface area contributed by atoms with E-state index in [1.54, 1.807) is 30.3 Å². The maximum Gasteiger partial charge on any atom is 0.310 e. The number of ether oxygens (including phenoxy) is 1. The van der Waals surface area contributed by atoms with E-state index in [9.17, 15) is 19.7 Å². The summed E-state index contributed by atoms with van der Waals surface area (Å²) in [6.07, 6.45) is 2.27. The number of para-hydroxylation sites is 2. The van der Waals surface area contributed by atoms with Crippen LogP contribution in [0.15, 0.2) is 48.5 Å². The van der Waals surface area contributed by atoms with Crippen LogP contribution in [-0.2, 0) is 4.79 Å². The van der Waals surface area contributed by atoms with Crippen LogP contribution in [0.5, 0.6) is 5.75 Å². The predicted octanol–water partition coefficient (Wildman–Crippen LogP) is 3.63. The molecule has 1 atom stereocenters. The number of nitro benzene ring substituents is 1. The van der Waals surface area contributed by atoms with Crippen molar-refractivity contribution in [2.75, 3.05) is 18.4 Å². The Kier molecular flexibility index (Phi) is 6.43. The molecular formula is C21H23N3O5. The number of nitro groups is 1. The Morgan fingerprint density at radius 3 is 2.38 bits per heavy atom. The van der Waals surface area contributed by atoms with E-state index in [0.717, 1.165) is 32.4 Å². The van der Waals surface area contributed by atoms with Gasteiger partial charge in [0, 0.05) is 30.4 Å². The fourth-order valence-corrected chi connectivity index (χ4v) is 3.17. The molecule has 2 amide bonds. The van der Waals surface area contributed by atoms with Gasteiger partial charge in [-0.1, -0.05) is 12.1 Å². The molecule has 8 heteroatoms. The summed E-state index contributed by atoms with van der Waals surface area (Å²) in [5, 5.41) is 13.8. The van der Waals surface area contributed by atoms with Crippen molar-refractivity contribution in [3.05, 3.63) is 64.2 Å². The Morgan fingerprint density at radius 2 is 1.72 bits per heavy atom. The van der Waals surface area contributed by atoms with Gasteiger partial charge < -0.3 is 15.0 Å². The summed E-state index contributed by atoms with van der Waals surface area (Å²) < 4.78 is 5.47. The summed E-state index contributed by atoms with van der Waals surface area (Å²) in [6.45, 7) is 3.07. The van der Waals surface area contributed by atoms with Gasteiger partial charge in [0.05, 0.1) is 4.92 Å². The summed E-state index contributed by atoms with van der Waals surface area (Å²) in [7, 11) is 0. The summed E-state index contributed by atoms with van der Waals surface area (Å²) in [4.78, 5) is 37.2. The summed E-state index contributed by atoms with van der Waals surface area (Å²) in [5.74, 6) is -0.420. The number of hydrogen-bond acceptors (Lipinski definition) is 5. The molecule has 0 radical (unpaired) electrons. The quantitative estimate of drug-likeness (QED) is 0.592. The van der Waals surface area contributed by atoms with Gasteiger partial charge >= 0.3 is 5.69 Å². The first-order chi connectivity index (χ1) is 14.0. The van der Waals surface area contributed by atoms with Crippen molar-refractivity contribution in [3.8, 4) is 5.75 Å². The van der Waals surface area contributed by atoms with E-state index in [-0.39, 0.29) is 17.3 Å². The van der Waals surface area contributed by atoms with E-state index in [4.69, 9.17) is 4.74 Å². The minimum Gasteiger partial charge on any atom is -0.474 e. The van der Waals surface area contributed by atoms with Crippen LogP contribution in [0.25, 0.3) is 0 Å². The molecule has 1 unspecified atom stereocenters. The van der Waals surface area contributed by atoms with E-state index in [1.165, 1.54) is 25.1 Å². The molecule has 0 spiro atoms. The molecule has 1 aliphatic rings. The van der Waals surface area contributed by atoms with Crippen molar-refractivity contribution in [1.29, 1.82) is 0 Å². The number of likely N-dealkylation sites (tertiary alicyclic amines) is 1. The van der Waals surface area contributed by atoms with Crippen molar-refractivity contribution in [2.24, 2.45) is 0 Å². The van der Waals surface area contributed by atoms with Gasteiger partial charge in [-0.15, -0.1) is 0 Å². The van der Waals surface area contributed by atoms with Crippen LogP contribution >= 0.6 is 0 Å². The lowest BCUT2D eigenvalue weighted by Crippen LogP contribution is -2.35. The lowest BCUT2D eigenvalue weighted by atomic mass is 10.1. The van der Waals surface area contributed by atoms with E-state index >= 15 is 0 Å². The van der Waals surface area contributed by atoms with Crippen molar-refractivity contribution >= 4 is 23.2 Å². The Balaban J connectivity index is 1.60. The number of nitrogens with zero attached hydrogens (tertiary/aromatic N) is 2. The van der Waals surface area contributed by atoms with Crippen LogP contribution in [0.2, 0.25) is 0 Å². The Morgan fingerprint density at radius 1 is 1.07 bits per heavy atom. The highest BCUT2D eigenvalue weighted by molar-refractivity contribution is 5.97. The molecule has 0 saturated carbocycles. The SMILES string of the molecule is CC(Oc1ccccc1[N+](=O)[O-])C(=O)Nc1ccc(C(=O)N2CCCCC2)cc1. The number of hydrogen-bond donors (Lipinski definition) is 1. The van der Waals surface area contributed by atoms with Gasteiger partial charge in [0.25, 0.3) is 11.8 Å². The van der Waals surface area contributed by atoms with Crippen molar-refractivity contribution in [1.82, 2.24) is 4.90 Å². The van der Waals surface area contributed by atoms with Crippen LogP contribution in [-0.4, -0.2) is 40.8 Å². The highest BCUT2D eigenvalue weighted by Crippen LogP contribution is 2.27. The molecular weight excluding hydrogens is 374 g/mol. The largest absolute Gasteiger partial charge is 0.474 e. The molecule has 29 heavy (non-hydrogen) atoms. The molecule has 0 aliphatic carbocycles. The number of carbonyl (C=O) groups is 2. The number of piperidine rings is 1. The van der Waals surface area contributed by atoms with Crippen LogP contribution in [0, 0.1) is 10.1 Å². The van der Waals surface area contributed by atoms with Crippen molar-refractivity contribution in [3.63, 3.8) is 0 Å². The third-order valence-corrected chi connectivity index (χ3v) is 4.78. The van der Waals surface area contributed by atoms with Gasteiger partial charge in [0.2, 0.25) is 0 Å². The van der Waals surface area contributed by atoms with Crippen LogP contribution in [0.1, 0.15) is 36.5 Å². The van der Waals surface area contributed by atoms with Gasteiger partial charge in [-0.25, -0.2) is 0 Å². The minimum atomic E-state index is -0.939. The maximum absolute atomic E-state index is 12.5. The second-order valence-electron chi connectivity index (χ2n) is 6.90. The zero-order valence-electron chi connectivity index (χ0n) is 16.2. The summed E-state index contributed by atoms with van der Waals surface area (Å²) in [6, 6.07) is 12.6. The summed E-state index contributed by atoms with van der Waals surface area (Å²) >= 11 is 0. The summed E-state index contributed by atoms with van der Waals surface area (Å²) in [5.41, 5.74) is 0.894. The fraction of sp³-hybridized carbons (Fsp3) is 0.333. The first kappa shape index (κ1) is 20.3. The molecule has 2 aromatic rings. The maximum atomic E-state index is 12.5. The molecule has 152 valence electrons. The van der Waals surface area contributed by atoms with Crippen LogP contribution in [0.4, 0.5) is 11.4 Å². The highest BCUT2D eigenvalue weighted by Gasteiger charge is 2.21. The molecule has 8 nitrogen and oxygen atoms in total. The van der Waals surface area contributed by atoms with Gasteiger partial charge in [-0.05, 0) is 56.5 Å². The first-order valence-corrected chi connectivity index (χ1v) is 9.56. The molecule has 3 rings (SSSR count). The van der Waals surface area contributed by atoms with E-state index < -0.39 is 16.9 Å². The molecule has 2 aromatic carbocycles. The van der Waals surface area contributed by atoms with E-state index in [0.29, 0.717) is 11.3 Å². The van der Waals surface area contributed by atoms with E-state index in [2.05, 4.69) is 5.32 Å². The molecule has 1 heterocycles. The molecule has 1 N–H and O–H groups in total. The minimum absolute atomic E-state index is 0.00401. The van der Waals surface area contributed by atoms with Gasteiger partial charge in [0.15, 0.2) is 11.9 Å². The molecule has 1 saturated heterocycles. The Hall–Kier alpha value is -3.42. The third-order valence-electron chi connectivity index (χ3n) is 4.78. The average molecular weight is 397 g/mol. The smallest absolute Gasteiger partial charge is 0.310 e. The number of anilines is 1. The number of carbonyl (C=O) groups excluding carboxylic acids is 2. The first-order valence-electron chi connectivity index (χ1n) is 9.56. The Labute approximate surface area is 168 Å². The number of rotatable bonds is 6. The van der Waals surface area contributed by atoms with Crippen LogP contribution in [0.3, 0.4) is 0 Å². The molecule has 1 aliphatic heterocycles. The second-order valence-corrected chi connectivity index (χ2v) is 6.90. The molecule has 0 aromatic heterocycles. The molecule has 0 bridgehead atoms. The predicted molar refractivity (Wildman–Crippen MR) is 108 cm³/mol. The van der Waals surface area contributed by atoms with Crippen molar-refractivity contribution < 1.29 is 19.2 Å². The Bertz CT molecular complexity index is 891. The average Bonchev–Trinajstić information content (AvgIpc) is 2.74. The van der Waals surface area contributed by atoms with Crippen LogP contribution < -0.4 is 10.1 Å². The fourth-order valence-electron chi connectivity index (χ4n) is 3.17. The number of amides is 2. The normalized spacial score (nSPS) is 14.7. The molecule has 1 fully saturated rings. The standard InChI is InChI=1S/C21H23N3O5/c1-15(29-19-8-4-3-7-18(19)24(27)28)20(25)22-17-11-9-16(10-12-17)21(26)23-13-5-2-6-14-23/h3-4,7-12,15H,2,5-6,13-14H2,1H3,(H,22,25). The lowest BCUT2D eigenvalue weighted by molar-refractivity contribution is -0.386. The van der Waals surface area contributed by atoms with Gasteiger partial charge in [-0.3, -0.25) is 19.7 Å². The van der Waals surface area contributed by atoms with Gasteiger partial charge in [-0.2, -0.15) is 0 Å². The zero-order valence-corrected chi connectivity index (χ0v) is 16.2. The van der Waals surface area contributed by atoms with Crippen molar-refractivity contribution in [2.45, 2.75) is 32.3 Å².